The van der Waals surface area contributed by atoms with Gasteiger partial charge in [-0.05, 0) is 118 Å². The Morgan fingerprint density at radius 2 is 1.45 bits per heavy atom. The van der Waals surface area contributed by atoms with Crippen molar-refractivity contribution in [2.75, 3.05) is 0 Å². The van der Waals surface area contributed by atoms with E-state index >= 15 is 0 Å². The number of aliphatic hydroxyl groups is 4. The van der Waals surface area contributed by atoms with Crippen LogP contribution in [0.3, 0.4) is 0 Å². The second-order valence-electron chi connectivity index (χ2n) is 13.2. The zero-order valence-corrected chi connectivity index (χ0v) is 27.2. The van der Waals surface area contributed by atoms with Crippen molar-refractivity contribution < 1.29 is 20.4 Å². The number of rotatable bonds is 4. The van der Waals surface area contributed by atoms with Crippen molar-refractivity contribution in [3.63, 3.8) is 0 Å². The van der Waals surface area contributed by atoms with Gasteiger partial charge in [0.2, 0.25) is 0 Å². The molecule has 4 saturated carbocycles. The van der Waals surface area contributed by atoms with E-state index in [2.05, 4.69) is 40.7 Å². The topological polar surface area (TPSA) is 80.9 Å². The van der Waals surface area contributed by atoms with E-state index < -0.39 is 17.8 Å². The van der Waals surface area contributed by atoms with E-state index in [1.807, 2.05) is 48.5 Å². The Morgan fingerprint density at radius 3 is 2.00 bits per heavy atom. The van der Waals surface area contributed by atoms with Gasteiger partial charge in [0.15, 0.2) is 0 Å². The minimum atomic E-state index is -0.779. The molecule has 4 fully saturated rings. The van der Waals surface area contributed by atoms with Gasteiger partial charge < -0.3 is 20.4 Å². The largest absolute Gasteiger partial charge is 0.393 e. The summed E-state index contributed by atoms with van der Waals surface area (Å²) in [6.45, 7) is 25.0. The summed E-state index contributed by atoms with van der Waals surface area (Å²) in [5.41, 5.74) is 0.421. The van der Waals surface area contributed by atoms with Gasteiger partial charge in [-0.3, -0.25) is 0 Å². The molecular weight excluding hydrogens is 472 g/mol. The summed E-state index contributed by atoms with van der Waals surface area (Å²) < 4.78 is 0. The molecule has 4 N–H and O–H groups in total. The smallest absolute Gasteiger partial charge is 0.0654 e. The van der Waals surface area contributed by atoms with E-state index in [-0.39, 0.29) is 40.6 Å². The second-order valence-corrected chi connectivity index (χ2v) is 13.2. The Morgan fingerprint density at radius 1 is 0.868 bits per heavy atom. The molecule has 12 unspecified atom stereocenters. The van der Waals surface area contributed by atoms with Gasteiger partial charge in [0, 0.05) is 0 Å². The molecule has 38 heavy (non-hydrogen) atoms. The molecule has 0 aromatic heterocycles. The minimum absolute atomic E-state index is 0.0265. The quantitative estimate of drug-likeness (QED) is 0.276. The molecule has 0 aromatic rings. The number of hydrogen-bond acceptors (Lipinski definition) is 4. The first-order chi connectivity index (χ1) is 17.8. The SMILES string of the molecule is CC.CC.CC.CC(C)=CCCC(C)(O)C1CCC2C1C(O)CC1C2(C)CC(O)C2C(C)C(O)CCC21C. The average Bonchev–Trinajstić information content (AvgIpc) is 3.35. The van der Waals surface area contributed by atoms with Gasteiger partial charge in [-0.1, -0.05) is 74.0 Å². The highest BCUT2D eigenvalue weighted by molar-refractivity contribution is 5.16. The van der Waals surface area contributed by atoms with E-state index in [9.17, 15) is 20.4 Å². The van der Waals surface area contributed by atoms with Crippen molar-refractivity contribution >= 4 is 0 Å². The van der Waals surface area contributed by atoms with Crippen LogP contribution in [-0.4, -0.2) is 44.3 Å². The van der Waals surface area contributed by atoms with Gasteiger partial charge in [-0.25, -0.2) is 0 Å². The molecule has 4 nitrogen and oxygen atoms in total. The summed E-state index contributed by atoms with van der Waals surface area (Å²) in [6.07, 6.45) is 7.91. The molecule has 4 rings (SSSR count). The standard InChI is InChI=1S/C28H48O4.3C2H6/c1-16(2)8-7-12-28(6,32)19-10-9-18-24(19)21(30)14-23-26(4)13-11-20(29)17(3)25(26)22(31)15-27(18,23)5;3*1-2/h8,17-25,29-32H,7,9-15H2,1-6H3;3*1-2H3. The van der Waals surface area contributed by atoms with E-state index in [1.54, 1.807) is 0 Å². The van der Waals surface area contributed by atoms with Crippen molar-refractivity contribution in [3.05, 3.63) is 11.6 Å². The van der Waals surface area contributed by atoms with Gasteiger partial charge in [0.05, 0.1) is 23.9 Å². The molecule has 0 spiro atoms. The number of hydrogen-bond donors (Lipinski definition) is 4. The number of fused-ring (bicyclic) bond motifs is 5. The molecule has 0 amide bonds. The molecule has 0 aromatic carbocycles. The first kappa shape index (κ1) is 35.6. The first-order valence-electron chi connectivity index (χ1n) is 16.2. The van der Waals surface area contributed by atoms with E-state index in [1.165, 1.54) is 5.57 Å². The third-order valence-electron chi connectivity index (χ3n) is 11.1. The van der Waals surface area contributed by atoms with Crippen LogP contribution in [-0.2, 0) is 0 Å². The molecule has 226 valence electrons. The van der Waals surface area contributed by atoms with Crippen LogP contribution in [0.1, 0.15) is 134 Å². The zero-order valence-electron chi connectivity index (χ0n) is 27.2. The van der Waals surface area contributed by atoms with Crippen molar-refractivity contribution in [1.82, 2.24) is 0 Å². The fraction of sp³-hybridized carbons (Fsp3) is 0.941. The highest BCUT2D eigenvalue weighted by Crippen LogP contribution is 2.70. The summed E-state index contributed by atoms with van der Waals surface area (Å²) >= 11 is 0. The van der Waals surface area contributed by atoms with Crippen LogP contribution in [0.4, 0.5) is 0 Å². The average molecular weight is 539 g/mol. The summed E-state index contributed by atoms with van der Waals surface area (Å²) in [5.74, 6) is 1.10. The molecule has 12 atom stereocenters. The Hall–Kier alpha value is -0.420. The van der Waals surface area contributed by atoms with Crippen LogP contribution in [0, 0.1) is 46.3 Å². The summed E-state index contributed by atoms with van der Waals surface area (Å²) in [6, 6.07) is 0. The third kappa shape index (κ3) is 6.55. The lowest BCUT2D eigenvalue weighted by Gasteiger charge is -2.67. The van der Waals surface area contributed by atoms with Crippen LogP contribution < -0.4 is 0 Å². The molecule has 4 aliphatic carbocycles. The Balaban J connectivity index is 0.00000112. The van der Waals surface area contributed by atoms with Crippen molar-refractivity contribution in [1.29, 1.82) is 0 Å². The molecule has 0 saturated heterocycles. The van der Waals surface area contributed by atoms with Crippen molar-refractivity contribution in [2.45, 2.75) is 158 Å². The maximum absolute atomic E-state index is 11.5. The third-order valence-corrected chi connectivity index (χ3v) is 11.1. The van der Waals surface area contributed by atoms with E-state index in [0.29, 0.717) is 11.8 Å². The minimum Gasteiger partial charge on any atom is -0.393 e. The molecule has 0 aliphatic heterocycles. The Bertz CT molecular complexity index is 728. The van der Waals surface area contributed by atoms with Crippen molar-refractivity contribution in [3.8, 4) is 0 Å². The molecule has 0 bridgehead atoms. The predicted molar refractivity (Wildman–Crippen MR) is 162 cm³/mol. The molecule has 4 aliphatic rings. The van der Waals surface area contributed by atoms with Crippen molar-refractivity contribution in [2.24, 2.45) is 46.3 Å². The van der Waals surface area contributed by atoms with Gasteiger partial charge >= 0.3 is 0 Å². The molecule has 0 heterocycles. The lowest BCUT2D eigenvalue weighted by molar-refractivity contribution is -0.234. The van der Waals surface area contributed by atoms with Gasteiger partial charge in [0.1, 0.15) is 0 Å². The maximum Gasteiger partial charge on any atom is 0.0654 e. The molecule has 0 radical (unpaired) electrons. The van der Waals surface area contributed by atoms with Crippen LogP contribution in [0.2, 0.25) is 0 Å². The Labute approximate surface area is 236 Å². The zero-order chi connectivity index (χ0) is 29.6. The lowest BCUT2D eigenvalue weighted by atomic mass is 9.39. The molecular formula is C34H66O4. The normalized spacial score (nSPS) is 44.6. The first-order valence-corrected chi connectivity index (χ1v) is 16.2. The van der Waals surface area contributed by atoms with E-state index in [0.717, 1.165) is 51.4 Å². The van der Waals surface area contributed by atoms with Gasteiger partial charge in [-0.15, -0.1) is 0 Å². The summed E-state index contributed by atoms with van der Waals surface area (Å²) in [4.78, 5) is 0. The van der Waals surface area contributed by atoms with Crippen LogP contribution in [0.5, 0.6) is 0 Å². The van der Waals surface area contributed by atoms with Gasteiger partial charge in [-0.2, -0.15) is 0 Å². The van der Waals surface area contributed by atoms with Crippen LogP contribution in [0.25, 0.3) is 0 Å². The van der Waals surface area contributed by atoms with Crippen LogP contribution in [0.15, 0.2) is 11.6 Å². The Kier molecular flexibility index (Phi) is 13.6. The monoisotopic (exact) mass is 538 g/mol. The number of allylic oxidation sites excluding steroid dienone is 2. The molecule has 4 heteroatoms. The second kappa shape index (κ2) is 14.5. The highest BCUT2D eigenvalue weighted by Gasteiger charge is 2.67. The fourth-order valence-corrected chi connectivity index (χ4v) is 9.64. The van der Waals surface area contributed by atoms with E-state index in [4.69, 9.17) is 0 Å². The van der Waals surface area contributed by atoms with Gasteiger partial charge in [0.25, 0.3) is 0 Å². The number of aliphatic hydroxyl groups excluding tert-OH is 3. The fourth-order valence-electron chi connectivity index (χ4n) is 9.64. The summed E-state index contributed by atoms with van der Waals surface area (Å²) in [7, 11) is 0. The summed E-state index contributed by atoms with van der Waals surface area (Å²) in [5, 5.41) is 45.0. The predicted octanol–water partition coefficient (Wildman–Crippen LogP) is 7.77. The lowest BCUT2D eigenvalue weighted by Crippen LogP contribution is -2.65. The van der Waals surface area contributed by atoms with Crippen LogP contribution >= 0.6 is 0 Å². The maximum atomic E-state index is 11.5. The highest BCUT2D eigenvalue weighted by atomic mass is 16.3.